The van der Waals surface area contributed by atoms with Gasteiger partial charge in [-0.1, -0.05) is 0 Å². The minimum atomic E-state index is -1.61. The fourth-order valence-electron chi connectivity index (χ4n) is 2.45. The van der Waals surface area contributed by atoms with Crippen LogP contribution in [0.5, 0.6) is 0 Å². The van der Waals surface area contributed by atoms with E-state index in [9.17, 15) is 18.7 Å². The zero-order valence-corrected chi connectivity index (χ0v) is 11.4. The molecule has 0 aliphatic carbocycles. The number of morpholine rings is 1. The van der Waals surface area contributed by atoms with E-state index in [2.05, 4.69) is 0 Å². The Labute approximate surface area is 116 Å². The van der Waals surface area contributed by atoms with Gasteiger partial charge in [-0.3, -0.25) is 4.90 Å². The zero-order chi connectivity index (χ0) is 14.9. The molecule has 0 amide bonds. The Balaban J connectivity index is 2.52. The lowest BCUT2D eigenvalue weighted by atomic mass is 9.88. The van der Waals surface area contributed by atoms with Crippen molar-refractivity contribution in [2.75, 3.05) is 26.3 Å². The third kappa shape index (κ3) is 2.41. The van der Waals surface area contributed by atoms with Gasteiger partial charge in [0.1, 0.15) is 17.2 Å². The van der Waals surface area contributed by atoms with Crippen LogP contribution in [0.3, 0.4) is 0 Å². The molecule has 1 atom stereocenters. The second-order valence-corrected chi connectivity index (χ2v) is 5.06. The molecule has 1 aromatic carbocycles. The van der Waals surface area contributed by atoms with Crippen molar-refractivity contribution in [1.29, 1.82) is 0 Å². The van der Waals surface area contributed by atoms with Gasteiger partial charge in [-0.15, -0.1) is 0 Å². The Hall–Kier alpha value is -1.53. The van der Waals surface area contributed by atoms with E-state index in [0.717, 1.165) is 12.1 Å². The number of rotatable bonds is 3. The van der Waals surface area contributed by atoms with Crippen LogP contribution in [0.2, 0.25) is 0 Å². The number of carbonyl (C=O) groups is 1. The van der Waals surface area contributed by atoms with Crippen LogP contribution in [0.15, 0.2) is 12.1 Å². The lowest BCUT2D eigenvalue weighted by molar-refractivity contribution is -0.154. The molecule has 20 heavy (non-hydrogen) atoms. The van der Waals surface area contributed by atoms with Crippen molar-refractivity contribution in [2.24, 2.45) is 0 Å². The summed E-state index contributed by atoms with van der Waals surface area (Å²) >= 11 is 0. The molecule has 1 unspecified atom stereocenters. The van der Waals surface area contributed by atoms with Gasteiger partial charge in [0.25, 0.3) is 0 Å². The van der Waals surface area contributed by atoms with Gasteiger partial charge in [0.15, 0.2) is 0 Å². The number of aliphatic carboxylic acids is 1. The molecule has 1 saturated heterocycles. The molecular weight excluding hydrogens is 268 g/mol. The maximum Gasteiger partial charge on any atom is 0.328 e. The topological polar surface area (TPSA) is 49.8 Å². The third-order valence-electron chi connectivity index (χ3n) is 3.83. The molecule has 4 nitrogen and oxygen atoms in total. The van der Waals surface area contributed by atoms with Crippen LogP contribution in [0.1, 0.15) is 18.1 Å². The second kappa shape index (κ2) is 5.46. The molecule has 0 aromatic heterocycles. The van der Waals surface area contributed by atoms with Crippen molar-refractivity contribution >= 4 is 5.97 Å². The Morgan fingerprint density at radius 1 is 1.30 bits per heavy atom. The number of benzene rings is 1. The third-order valence-corrected chi connectivity index (χ3v) is 3.83. The van der Waals surface area contributed by atoms with Gasteiger partial charge in [0.2, 0.25) is 0 Å². The van der Waals surface area contributed by atoms with Gasteiger partial charge < -0.3 is 9.84 Å². The van der Waals surface area contributed by atoms with Crippen LogP contribution in [0.25, 0.3) is 0 Å². The molecule has 1 aliphatic rings. The van der Waals surface area contributed by atoms with Gasteiger partial charge in [-0.2, -0.15) is 0 Å². The molecule has 110 valence electrons. The first kappa shape index (κ1) is 14.9. The standard InChI is InChI=1S/C14H17F2NO3/c1-9-7-12(16)10(8-11(9)15)14(2,13(18)19)17-3-5-20-6-4-17/h7-8H,3-6H2,1-2H3,(H,18,19). The fourth-order valence-corrected chi connectivity index (χ4v) is 2.45. The lowest BCUT2D eigenvalue weighted by Crippen LogP contribution is -2.54. The number of halogens is 2. The van der Waals surface area contributed by atoms with Crippen LogP contribution in [0.4, 0.5) is 8.78 Å². The number of nitrogens with zero attached hydrogens (tertiary/aromatic N) is 1. The highest BCUT2D eigenvalue weighted by Gasteiger charge is 2.44. The van der Waals surface area contributed by atoms with Gasteiger partial charge >= 0.3 is 5.97 Å². The average Bonchev–Trinajstić information content (AvgIpc) is 2.42. The molecule has 1 aromatic rings. The molecule has 1 heterocycles. The molecule has 1 aliphatic heterocycles. The van der Waals surface area contributed by atoms with E-state index < -0.39 is 23.1 Å². The monoisotopic (exact) mass is 285 g/mol. The molecule has 2 rings (SSSR count). The molecule has 1 fully saturated rings. The highest BCUT2D eigenvalue weighted by molar-refractivity contribution is 5.80. The predicted octanol–water partition coefficient (Wildman–Crippen LogP) is 1.91. The maximum atomic E-state index is 14.2. The van der Waals surface area contributed by atoms with Crippen LogP contribution in [0, 0.1) is 18.6 Å². The summed E-state index contributed by atoms with van der Waals surface area (Å²) in [4.78, 5) is 13.3. The molecule has 0 saturated carbocycles. The van der Waals surface area contributed by atoms with E-state index in [-0.39, 0.29) is 11.1 Å². The van der Waals surface area contributed by atoms with Crippen molar-refractivity contribution in [3.05, 3.63) is 34.9 Å². The van der Waals surface area contributed by atoms with E-state index >= 15 is 0 Å². The zero-order valence-electron chi connectivity index (χ0n) is 11.4. The number of ether oxygens (including phenoxy) is 1. The van der Waals surface area contributed by atoms with Crippen LogP contribution in [-0.2, 0) is 15.1 Å². The second-order valence-electron chi connectivity index (χ2n) is 5.06. The Kier molecular flexibility index (Phi) is 4.06. The van der Waals surface area contributed by atoms with Crippen molar-refractivity contribution in [3.63, 3.8) is 0 Å². The minimum absolute atomic E-state index is 0.154. The summed E-state index contributed by atoms with van der Waals surface area (Å²) < 4.78 is 33.1. The SMILES string of the molecule is Cc1cc(F)c(C(C)(C(=O)O)N2CCOCC2)cc1F. The highest BCUT2D eigenvalue weighted by atomic mass is 19.1. The minimum Gasteiger partial charge on any atom is -0.480 e. The summed E-state index contributed by atoms with van der Waals surface area (Å²) in [7, 11) is 0. The Bertz CT molecular complexity index is 529. The highest BCUT2D eigenvalue weighted by Crippen LogP contribution is 2.32. The van der Waals surface area contributed by atoms with Crippen molar-refractivity contribution in [3.8, 4) is 0 Å². The summed E-state index contributed by atoms with van der Waals surface area (Å²) in [6, 6.07) is 2.01. The summed E-state index contributed by atoms with van der Waals surface area (Å²) in [5.41, 5.74) is -1.61. The van der Waals surface area contributed by atoms with E-state index in [1.54, 1.807) is 4.90 Å². The summed E-state index contributed by atoms with van der Waals surface area (Å²) in [6.07, 6.45) is 0. The maximum absolute atomic E-state index is 14.2. The molecule has 1 N–H and O–H groups in total. The number of hydrogen-bond donors (Lipinski definition) is 1. The van der Waals surface area contributed by atoms with Crippen LogP contribution >= 0.6 is 0 Å². The van der Waals surface area contributed by atoms with Crippen molar-refractivity contribution in [1.82, 2.24) is 4.90 Å². The lowest BCUT2D eigenvalue weighted by Gasteiger charge is -2.40. The summed E-state index contributed by atoms with van der Waals surface area (Å²) in [5.74, 6) is -2.52. The number of aryl methyl sites for hydroxylation is 1. The molecule has 0 radical (unpaired) electrons. The van der Waals surface area contributed by atoms with Crippen LogP contribution < -0.4 is 0 Å². The van der Waals surface area contributed by atoms with Crippen LogP contribution in [-0.4, -0.2) is 42.3 Å². The first-order valence-electron chi connectivity index (χ1n) is 6.39. The molecule has 0 spiro atoms. The summed E-state index contributed by atoms with van der Waals surface area (Å²) in [5, 5.41) is 9.55. The van der Waals surface area contributed by atoms with Gasteiger partial charge in [0, 0.05) is 18.7 Å². The average molecular weight is 285 g/mol. The van der Waals surface area contributed by atoms with Crippen molar-refractivity contribution in [2.45, 2.75) is 19.4 Å². The quantitative estimate of drug-likeness (QED) is 0.921. The normalized spacial score (nSPS) is 19.6. The number of carboxylic acid groups (broad SMARTS) is 1. The van der Waals surface area contributed by atoms with Gasteiger partial charge in [-0.05, 0) is 31.5 Å². The predicted molar refractivity (Wildman–Crippen MR) is 68.5 cm³/mol. The first-order chi connectivity index (χ1) is 9.37. The Morgan fingerprint density at radius 2 is 1.90 bits per heavy atom. The first-order valence-corrected chi connectivity index (χ1v) is 6.39. The largest absolute Gasteiger partial charge is 0.480 e. The smallest absolute Gasteiger partial charge is 0.328 e. The summed E-state index contributed by atoms with van der Waals surface area (Å²) in [6.45, 7) is 4.30. The molecule has 6 heteroatoms. The van der Waals surface area contributed by atoms with E-state index in [0.29, 0.717) is 26.3 Å². The Morgan fingerprint density at radius 3 is 2.45 bits per heavy atom. The fraction of sp³-hybridized carbons (Fsp3) is 0.500. The molecular formula is C14H17F2NO3. The van der Waals surface area contributed by atoms with Gasteiger partial charge in [0.05, 0.1) is 13.2 Å². The van der Waals surface area contributed by atoms with E-state index in [4.69, 9.17) is 4.74 Å². The van der Waals surface area contributed by atoms with E-state index in [1.165, 1.54) is 13.8 Å². The number of hydrogen-bond acceptors (Lipinski definition) is 3. The van der Waals surface area contributed by atoms with E-state index in [1.807, 2.05) is 0 Å². The van der Waals surface area contributed by atoms with Gasteiger partial charge in [-0.25, -0.2) is 13.6 Å². The van der Waals surface area contributed by atoms with Crippen molar-refractivity contribution < 1.29 is 23.4 Å². The number of carboxylic acids is 1. The molecule has 0 bridgehead atoms.